The molecule has 0 bridgehead atoms. The van der Waals surface area contributed by atoms with Gasteiger partial charge in [0.2, 0.25) is 0 Å². The molecule has 0 aliphatic heterocycles. The van der Waals surface area contributed by atoms with Crippen LogP contribution in [0.15, 0.2) is 18.5 Å². The minimum absolute atomic E-state index is 0.242. The van der Waals surface area contributed by atoms with Crippen LogP contribution in [0.1, 0.15) is 23.7 Å². The monoisotopic (exact) mass is 185 g/mol. The lowest BCUT2D eigenvalue weighted by Gasteiger charge is -2.02. The van der Waals surface area contributed by atoms with Crippen LogP contribution in [-0.4, -0.2) is 21.8 Å². The molecule has 1 atom stereocenters. The number of rotatable bonds is 4. The third-order valence-corrected chi connectivity index (χ3v) is 1.78. The van der Waals surface area contributed by atoms with Crippen LogP contribution in [0, 0.1) is 0 Å². The number of nitrogens with zero attached hydrogens (tertiary/aromatic N) is 1. The molecule has 1 aromatic rings. The molecule has 1 rings (SSSR count). The van der Waals surface area contributed by atoms with Crippen molar-refractivity contribution in [2.75, 3.05) is 0 Å². The van der Waals surface area contributed by atoms with E-state index in [0.29, 0.717) is 13.0 Å². The van der Waals surface area contributed by atoms with E-state index >= 15 is 0 Å². The molecule has 0 radical (unpaired) electrons. The fourth-order valence-electron chi connectivity index (χ4n) is 1.03. The second-order valence-electron chi connectivity index (χ2n) is 3.01. The number of carboxylic acids is 1. The maximum absolute atomic E-state index is 12.4. The van der Waals surface area contributed by atoms with E-state index in [-0.39, 0.29) is 5.56 Å². The number of aromatic nitrogens is 1. The summed E-state index contributed by atoms with van der Waals surface area (Å²) in [4.78, 5) is 10.5. The lowest BCUT2D eigenvalue weighted by molar-refractivity contribution is 0.0697. The lowest BCUT2D eigenvalue weighted by atomic mass is 10.3. The van der Waals surface area contributed by atoms with Crippen molar-refractivity contribution in [2.45, 2.75) is 26.1 Å². The van der Waals surface area contributed by atoms with Crippen molar-refractivity contribution >= 4 is 5.97 Å². The highest BCUT2D eigenvalue weighted by Gasteiger charge is 2.04. The zero-order valence-corrected chi connectivity index (χ0v) is 7.40. The topological polar surface area (TPSA) is 42.2 Å². The van der Waals surface area contributed by atoms with Gasteiger partial charge in [-0.15, -0.1) is 0 Å². The van der Waals surface area contributed by atoms with Crippen molar-refractivity contribution < 1.29 is 14.3 Å². The van der Waals surface area contributed by atoms with Crippen LogP contribution in [0.2, 0.25) is 0 Å². The highest BCUT2D eigenvalue weighted by molar-refractivity contribution is 5.87. The van der Waals surface area contributed by atoms with Gasteiger partial charge in [-0.05, 0) is 19.4 Å². The molecule has 0 spiro atoms. The Labute approximate surface area is 75.8 Å². The summed E-state index contributed by atoms with van der Waals surface area (Å²) < 4.78 is 14.1. The van der Waals surface area contributed by atoms with Gasteiger partial charge in [0.1, 0.15) is 0 Å². The number of carboxylic acid groups (broad SMARTS) is 1. The first-order chi connectivity index (χ1) is 6.09. The number of aryl methyl sites for hydroxylation is 1. The van der Waals surface area contributed by atoms with Crippen LogP contribution in [0.4, 0.5) is 4.39 Å². The summed E-state index contributed by atoms with van der Waals surface area (Å²) in [5.74, 6) is -0.952. The molecular formula is C9H12FNO2. The minimum atomic E-state index is -0.952. The number of hydrogen-bond acceptors (Lipinski definition) is 1. The molecule has 0 aliphatic rings. The molecule has 4 heteroatoms. The van der Waals surface area contributed by atoms with E-state index < -0.39 is 12.1 Å². The van der Waals surface area contributed by atoms with Crippen LogP contribution in [0.5, 0.6) is 0 Å². The van der Waals surface area contributed by atoms with E-state index in [9.17, 15) is 9.18 Å². The summed E-state index contributed by atoms with van der Waals surface area (Å²) >= 11 is 0. The smallest absolute Gasteiger partial charge is 0.337 e. The van der Waals surface area contributed by atoms with Crippen LogP contribution in [0.3, 0.4) is 0 Å². The predicted octanol–water partition coefficient (Wildman–Crippen LogP) is 1.93. The quantitative estimate of drug-likeness (QED) is 0.778. The first kappa shape index (κ1) is 9.77. The van der Waals surface area contributed by atoms with Crippen LogP contribution >= 0.6 is 0 Å². The van der Waals surface area contributed by atoms with Gasteiger partial charge in [-0.25, -0.2) is 9.18 Å². The largest absolute Gasteiger partial charge is 0.478 e. The summed E-state index contributed by atoms with van der Waals surface area (Å²) in [5.41, 5.74) is 0.242. The Morgan fingerprint density at radius 3 is 2.92 bits per heavy atom. The average molecular weight is 185 g/mol. The SMILES string of the molecule is CC(F)CCn1ccc(C(=O)O)c1. The lowest BCUT2D eigenvalue weighted by Crippen LogP contribution is -2.01. The Hall–Kier alpha value is -1.32. The maximum Gasteiger partial charge on any atom is 0.337 e. The van der Waals surface area contributed by atoms with Crippen LogP contribution in [0.25, 0.3) is 0 Å². The number of halogens is 1. The van der Waals surface area contributed by atoms with Gasteiger partial charge >= 0.3 is 5.97 Å². The highest BCUT2D eigenvalue weighted by Crippen LogP contribution is 2.04. The molecule has 1 heterocycles. The standard InChI is InChI=1S/C9H12FNO2/c1-7(10)2-4-11-5-3-8(6-11)9(12)13/h3,5-7H,2,4H2,1H3,(H,12,13). The third kappa shape index (κ3) is 2.89. The molecule has 72 valence electrons. The number of alkyl halides is 1. The van der Waals surface area contributed by atoms with E-state index in [1.54, 1.807) is 10.8 Å². The molecule has 1 aromatic heterocycles. The predicted molar refractivity (Wildman–Crippen MR) is 46.6 cm³/mol. The summed E-state index contributed by atoms with van der Waals surface area (Å²) in [6, 6.07) is 1.51. The van der Waals surface area contributed by atoms with Crippen molar-refractivity contribution in [3.8, 4) is 0 Å². The van der Waals surface area contributed by atoms with Gasteiger partial charge in [0, 0.05) is 18.9 Å². The third-order valence-electron chi connectivity index (χ3n) is 1.78. The van der Waals surface area contributed by atoms with Crippen LogP contribution < -0.4 is 0 Å². The number of carbonyl (C=O) groups is 1. The highest BCUT2D eigenvalue weighted by atomic mass is 19.1. The van der Waals surface area contributed by atoms with Crippen molar-refractivity contribution in [1.82, 2.24) is 4.57 Å². The Balaban J connectivity index is 2.54. The van der Waals surface area contributed by atoms with E-state index in [4.69, 9.17) is 5.11 Å². The minimum Gasteiger partial charge on any atom is -0.478 e. The molecule has 1 N–H and O–H groups in total. The van der Waals surface area contributed by atoms with Gasteiger partial charge in [0.05, 0.1) is 11.7 Å². The van der Waals surface area contributed by atoms with Gasteiger partial charge in [0.25, 0.3) is 0 Å². The molecule has 0 aromatic carbocycles. The Kier molecular flexibility index (Phi) is 3.06. The van der Waals surface area contributed by atoms with E-state index in [0.717, 1.165) is 0 Å². The fraction of sp³-hybridized carbons (Fsp3) is 0.444. The van der Waals surface area contributed by atoms with Gasteiger partial charge in [-0.3, -0.25) is 0 Å². The van der Waals surface area contributed by atoms with E-state index in [2.05, 4.69) is 0 Å². The fourth-order valence-corrected chi connectivity index (χ4v) is 1.03. The Bertz CT molecular complexity index is 294. The number of aromatic carboxylic acids is 1. The van der Waals surface area contributed by atoms with Crippen molar-refractivity contribution in [2.24, 2.45) is 0 Å². The van der Waals surface area contributed by atoms with Gasteiger partial charge in [-0.2, -0.15) is 0 Å². The summed E-state index contributed by atoms with van der Waals surface area (Å²) in [6.07, 6.45) is 2.71. The zero-order valence-electron chi connectivity index (χ0n) is 7.40. The molecular weight excluding hydrogens is 173 g/mol. The normalized spacial score (nSPS) is 12.8. The number of hydrogen-bond donors (Lipinski definition) is 1. The first-order valence-corrected chi connectivity index (χ1v) is 4.12. The second kappa shape index (κ2) is 4.07. The molecule has 13 heavy (non-hydrogen) atoms. The molecule has 0 fully saturated rings. The Morgan fingerprint density at radius 2 is 2.46 bits per heavy atom. The molecule has 0 saturated carbocycles. The molecule has 1 unspecified atom stereocenters. The van der Waals surface area contributed by atoms with Crippen molar-refractivity contribution in [3.63, 3.8) is 0 Å². The first-order valence-electron chi connectivity index (χ1n) is 4.12. The molecule has 0 aliphatic carbocycles. The molecule has 3 nitrogen and oxygen atoms in total. The molecule has 0 amide bonds. The summed E-state index contributed by atoms with van der Waals surface area (Å²) in [6.45, 7) is 2.01. The van der Waals surface area contributed by atoms with Gasteiger partial charge < -0.3 is 9.67 Å². The molecule has 0 saturated heterocycles. The zero-order chi connectivity index (χ0) is 9.84. The van der Waals surface area contributed by atoms with Crippen LogP contribution in [-0.2, 0) is 6.54 Å². The van der Waals surface area contributed by atoms with E-state index in [1.807, 2.05) is 0 Å². The van der Waals surface area contributed by atoms with Crippen molar-refractivity contribution in [3.05, 3.63) is 24.0 Å². The van der Waals surface area contributed by atoms with E-state index in [1.165, 1.54) is 19.2 Å². The summed E-state index contributed by atoms with van der Waals surface area (Å²) in [7, 11) is 0. The van der Waals surface area contributed by atoms with Gasteiger partial charge in [-0.1, -0.05) is 0 Å². The van der Waals surface area contributed by atoms with Crippen molar-refractivity contribution in [1.29, 1.82) is 0 Å². The Morgan fingerprint density at radius 1 is 1.77 bits per heavy atom. The second-order valence-corrected chi connectivity index (χ2v) is 3.01. The van der Waals surface area contributed by atoms with Gasteiger partial charge in [0.15, 0.2) is 0 Å². The maximum atomic E-state index is 12.4. The summed E-state index contributed by atoms with van der Waals surface area (Å²) in [5, 5.41) is 8.59. The average Bonchev–Trinajstić information content (AvgIpc) is 2.48.